The summed E-state index contributed by atoms with van der Waals surface area (Å²) in [7, 11) is -0.575. The molecule has 0 aliphatic rings. The van der Waals surface area contributed by atoms with Gasteiger partial charge in [0.05, 0.1) is 48.0 Å². The average molecular weight is 570 g/mol. The Labute approximate surface area is 234 Å². The van der Waals surface area contributed by atoms with E-state index in [9.17, 15) is 18.0 Å². The molecule has 0 saturated carbocycles. The molecule has 0 atom stereocenters. The lowest BCUT2D eigenvalue weighted by Crippen LogP contribution is -2.27. The second kappa shape index (κ2) is 11.4. The molecule has 3 aromatic rings. The number of ether oxygens (including phenoxy) is 1. The SMILES string of the molecule is COc1c(NC(=O)c2ccc(C)c(N(N)/C=C(\N)c3cnc(C=O)n3C)c2)cc(C(C)(C)C)cc1NS(C)(=O)=O. The number of hydrogen-bond donors (Lipinski definition) is 4. The molecule has 40 heavy (non-hydrogen) atoms. The van der Waals surface area contributed by atoms with Crippen LogP contribution in [0.25, 0.3) is 5.70 Å². The number of aldehydes is 1. The fraction of sp³-hybridized carbons (Fsp3) is 0.296. The molecule has 3 rings (SSSR count). The first kappa shape index (κ1) is 30.2. The number of anilines is 3. The Kier molecular flexibility index (Phi) is 8.60. The maximum absolute atomic E-state index is 13.4. The van der Waals surface area contributed by atoms with Crippen LogP contribution >= 0.6 is 0 Å². The Hall–Kier alpha value is -4.36. The summed E-state index contributed by atoms with van der Waals surface area (Å²) in [6.07, 6.45) is 4.59. The van der Waals surface area contributed by atoms with Crippen molar-refractivity contribution in [2.75, 3.05) is 28.4 Å². The first-order valence-corrected chi connectivity index (χ1v) is 14.1. The summed E-state index contributed by atoms with van der Waals surface area (Å²) in [4.78, 5) is 28.5. The summed E-state index contributed by atoms with van der Waals surface area (Å²) in [5, 5.41) is 4.12. The molecular weight excluding hydrogens is 534 g/mol. The zero-order chi connectivity index (χ0) is 30.0. The van der Waals surface area contributed by atoms with Crippen LogP contribution in [0.4, 0.5) is 17.1 Å². The lowest BCUT2D eigenvalue weighted by Gasteiger charge is -2.24. The van der Waals surface area contributed by atoms with Crippen LogP contribution in [0.1, 0.15) is 58.6 Å². The number of amides is 1. The van der Waals surface area contributed by atoms with Crippen molar-refractivity contribution < 1.29 is 22.7 Å². The summed E-state index contributed by atoms with van der Waals surface area (Å²) in [6, 6.07) is 8.41. The normalized spacial score (nSPS) is 12.2. The Balaban J connectivity index is 1.99. The van der Waals surface area contributed by atoms with Gasteiger partial charge in [-0.2, -0.15) is 0 Å². The van der Waals surface area contributed by atoms with Gasteiger partial charge in [0, 0.05) is 18.8 Å². The highest BCUT2D eigenvalue weighted by molar-refractivity contribution is 7.92. The lowest BCUT2D eigenvalue weighted by molar-refractivity contribution is 0.102. The predicted molar refractivity (Wildman–Crippen MR) is 157 cm³/mol. The largest absolute Gasteiger partial charge is 0.492 e. The Morgan fingerprint density at radius 2 is 1.82 bits per heavy atom. The van der Waals surface area contributed by atoms with E-state index in [0.29, 0.717) is 23.4 Å². The molecule has 2 aromatic carbocycles. The van der Waals surface area contributed by atoms with Crippen molar-refractivity contribution in [3.05, 3.63) is 70.9 Å². The molecule has 6 N–H and O–H groups in total. The van der Waals surface area contributed by atoms with Gasteiger partial charge in [0.25, 0.3) is 5.91 Å². The van der Waals surface area contributed by atoms with Crippen molar-refractivity contribution in [3.63, 3.8) is 0 Å². The number of nitrogens with two attached hydrogens (primary N) is 2. The number of aromatic nitrogens is 2. The number of carbonyl (C=O) groups excluding carboxylic acids is 2. The number of hydrogen-bond acceptors (Lipinski definition) is 9. The van der Waals surface area contributed by atoms with Gasteiger partial charge in [-0.05, 0) is 47.7 Å². The summed E-state index contributed by atoms with van der Waals surface area (Å²) in [5.74, 6) is 6.21. The number of carbonyl (C=O) groups is 2. The predicted octanol–water partition coefficient (Wildman–Crippen LogP) is 3.11. The average Bonchev–Trinajstić information content (AvgIpc) is 3.22. The number of nitrogens with zero attached hydrogens (tertiary/aromatic N) is 3. The minimum absolute atomic E-state index is 0.168. The van der Waals surface area contributed by atoms with Crippen molar-refractivity contribution in [2.24, 2.45) is 18.6 Å². The Morgan fingerprint density at radius 3 is 2.38 bits per heavy atom. The molecule has 1 amide bonds. The molecule has 0 bridgehead atoms. The Bertz CT molecular complexity index is 1590. The van der Waals surface area contributed by atoms with Crippen LogP contribution in [0.3, 0.4) is 0 Å². The molecule has 214 valence electrons. The van der Waals surface area contributed by atoms with E-state index in [4.69, 9.17) is 16.3 Å². The van der Waals surface area contributed by atoms with Crippen LogP contribution in [-0.4, -0.2) is 43.5 Å². The summed E-state index contributed by atoms with van der Waals surface area (Å²) >= 11 is 0. The highest BCUT2D eigenvalue weighted by atomic mass is 32.2. The number of benzene rings is 2. The molecule has 1 aromatic heterocycles. The third-order valence-corrected chi connectivity index (χ3v) is 6.75. The van der Waals surface area contributed by atoms with Gasteiger partial charge < -0.3 is 20.4 Å². The van der Waals surface area contributed by atoms with Crippen molar-refractivity contribution in [1.82, 2.24) is 9.55 Å². The van der Waals surface area contributed by atoms with Gasteiger partial charge >= 0.3 is 0 Å². The van der Waals surface area contributed by atoms with Gasteiger partial charge in [0.15, 0.2) is 17.9 Å². The zero-order valence-corrected chi connectivity index (χ0v) is 24.4. The lowest BCUT2D eigenvalue weighted by atomic mass is 9.86. The van der Waals surface area contributed by atoms with E-state index in [1.165, 1.54) is 29.1 Å². The van der Waals surface area contributed by atoms with Crippen molar-refractivity contribution in [1.29, 1.82) is 0 Å². The highest BCUT2D eigenvalue weighted by Crippen LogP contribution is 2.39. The van der Waals surface area contributed by atoms with E-state index in [2.05, 4.69) is 15.0 Å². The first-order valence-electron chi connectivity index (χ1n) is 12.2. The second-order valence-electron chi connectivity index (χ2n) is 10.4. The molecule has 0 saturated heterocycles. The Morgan fingerprint density at radius 1 is 1.18 bits per heavy atom. The van der Waals surface area contributed by atoms with Crippen LogP contribution in [0.5, 0.6) is 5.75 Å². The van der Waals surface area contributed by atoms with Crippen molar-refractivity contribution in [3.8, 4) is 5.75 Å². The molecule has 1 heterocycles. The van der Waals surface area contributed by atoms with Gasteiger partial charge in [-0.1, -0.05) is 26.8 Å². The van der Waals surface area contributed by atoms with E-state index < -0.39 is 15.9 Å². The molecule has 12 nitrogen and oxygen atoms in total. The van der Waals surface area contributed by atoms with Crippen LogP contribution in [0.2, 0.25) is 0 Å². The molecule has 0 aliphatic heterocycles. The van der Waals surface area contributed by atoms with E-state index in [-0.39, 0.29) is 33.9 Å². The van der Waals surface area contributed by atoms with Crippen molar-refractivity contribution in [2.45, 2.75) is 33.1 Å². The van der Waals surface area contributed by atoms with Gasteiger partial charge in [0.2, 0.25) is 10.0 Å². The van der Waals surface area contributed by atoms with Gasteiger partial charge in [0.1, 0.15) is 0 Å². The number of sulfonamides is 1. The van der Waals surface area contributed by atoms with Crippen LogP contribution in [0.15, 0.2) is 42.7 Å². The third-order valence-electron chi connectivity index (χ3n) is 6.16. The van der Waals surface area contributed by atoms with Gasteiger partial charge in [-0.3, -0.25) is 19.3 Å². The first-order chi connectivity index (χ1) is 18.6. The molecule has 0 spiro atoms. The van der Waals surface area contributed by atoms with E-state index in [1.54, 1.807) is 37.4 Å². The molecule has 13 heteroatoms. The van der Waals surface area contributed by atoms with Gasteiger partial charge in [-0.15, -0.1) is 0 Å². The number of aryl methyl sites for hydroxylation is 1. The molecule has 0 aliphatic carbocycles. The van der Waals surface area contributed by atoms with Crippen LogP contribution in [-0.2, 0) is 22.5 Å². The monoisotopic (exact) mass is 569 g/mol. The van der Waals surface area contributed by atoms with Crippen molar-refractivity contribution >= 4 is 45.0 Å². The number of hydrazine groups is 1. The minimum atomic E-state index is -3.62. The molecule has 0 fully saturated rings. The molecule has 0 radical (unpaired) electrons. The van der Waals surface area contributed by atoms with Crippen LogP contribution < -0.4 is 31.4 Å². The molecular formula is C27H35N7O5S. The third kappa shape index (κ3) is 6.79. The minimum Gasteiger partial charge on any atom is -0.492 e. The van der Waals surface area contributed by atoms with Crippen LogP contribution in [0, 0.1) is 6.92 Å². The number of imidazole rings is 1. The second-order valence-corrected chi connectivity index (χ2v) is 12.1. The standard InChI is InChI=1S/C27H35N7O5S/c1-16-8-9-17(10-22(16)34(29)14-19(28)23-13-30-24(15-35)33(23)5)26(36)31-20-11-18(27(2,3)4)12-21(25(20)39-6)32-40(7,37)38/h8-15,32H,28-29H2,1-7H3,(H,31,36)/b19-14-. The van der Waals surface area contributed by atoms with E-state index in [1.807, 2.05) is 27.7 Å². The molecule has 0 unspecified atom stereocenters. The smallest absolute Gasteiger partial charge is 0.255 e. The fourth-order valence-corrected chi connectivity index (χ4v) is 4.51. The zero-order valence-electron chi connectivity index (χ0n) is 23.6. The van der Waals surface area contributed by atoms with E-state index in [0.717, 1.165) is 17.4 Å². The maximum Gasteiger partial charge on any atom is 0.255 e. The fourth-order valence-electron chi connectivity index (χ4n) is 3.96. The number of nitrogens with one attached hydrogen (secondary N) is 2. The summed E-state index contributed by atoms with van der Waals surface area (Å²) < 4.78 is 33.5. The summed E-state index contributed by atoms with van der Waals surface area (Å²) in [6.45, 7) is 7.74. The maximum atomic E-state index is 13.4. The topological polar surface area (TPSA) is 175 Å². The quantitative estimate of drug-likeness (QED) is 0.171. The highest BCUT2D eigenvalue weighted by Gasteiger charge is 2.23. The van der Waals surface area contributed by atoms with Gasteiger partial charge in [-0.25, -0.2) is 19.2 Å². The number of methoxy groups -OCH3 is 1. The summed E-state index contributed by atoms with van der Waals surface area (Å²) in [5.41, 5.74) is 9.45. The number of rotatable bonds is 9. The van der Waals surface area contributed by atoms with E-state index >= 15 is 0 Å².